The zero-order valence-electron chi connectivity index (χ0n) is 9.24. The number of aromatic nitrogens is 5. The van der Waals surface area contributed by atoms with Crippen LogP contribution in [0.3, 0.4) is 0 Å². The van der Waals surface area contributed by atoms with Gasteiger partial charge in [0.2, 0.25) is 0 Å². The molecule has 0 aliphatic rings. The molecule has 0 saturated heterocycles. The lowest BCUT2D eigenvalue weighted by atomic mass is 10.1. The van der Waals surface area contributed by atoms with Crippen LogP contribution in [0.25, 0.3) is 0 Å². The summed E-state index contributed by atoms with van der Waals surface area (Å²) < 4.78 is 3.97. The van der Waals surface area contributed by atoms with E-state index in [1.807, 2.05) is 23.4 Å². The normalized spacial score (nSPS) is 12.8. The van der Waals surface area contributed by atoms with E-state index in [-0.39, 0.29) is 0 Å². The minimum absolute atomic E-state index is 0.353. The number of imidazole rings is 1. The third kappa shape index (κ3) is 2.68. The van der Waals surface area contributed by atoms with Crippen LogP contribution in [0, 0.1) is 6.92 Å². The molecule has 16 heavy (non-hydrogen) atoms. The van der Waals surface area contributed by atoms with Gasteiger partial charge in [-0.25, -0.2) is 9.67 Å². The minimum atomic E-state index is 0.353. The van der Waals surface area contributed by atoms with Gasteiger partial charge < -0.3 is 4.57 Å². The number of nitrogens with zero attached hydrogens (tertiary/aromatic N) is 5. The molecule has 0 bridgehead atoms. The van der Waals surface area contributed by atoms with Crippen LogP contribution in [-0.2, 0) is 6.54 Å². The monoisotopic (exact) mass is 218 g/mol. The van der Waals surface area contributed by atoms with Crippen molar-refractivity contribution in [2.75, 3.05) is 0 Å². The average Bonchev–Trinajstić information content (AvgIpc) is 2.96. The fourth-order valence-electron chi connectivity index (χ4n) is 1.75. The summed E-state index contributed by atoms with van der Waals surface area (Å²) in [6.07, 6.45) is 12.2. The van der Waals surface area contributed by atoms with E-state index in [4.69, 9.17) is 0 Å². The maximum absolute atomic E-state index is 4.01. The van der Waals surface area contributed by atoms with Crippen LogP contribution < -0.4 is 0 Å². The summed E-state index contributed by atoms with van der Waals surface area (Å²) in [7, 11) is 0. The second-order valence-corrected chi connectivity index (χ2v) is 3.77. The van der Waals surface area contributed by atoms with Crippen LogP contribution in [0.5, 0.6) is 0 Å². The van der Waals surface area contributed by atoms with Gasteiger partial charge >= 0.3 is 0 Å². The molecule has 2 rings (SSSR count). The molecule has 1 unspecified atom stereocenters. The largest absolute Gasteiger partial charge is 0.337 e. The molecule has 0 amide bonds. The number of hydrogen-bond donors (Lipinski definition) is 0. The van der Waals surface area contributed by atoms with Gasteiger partial charge in [0.25, 0.3) is 0 Å². The molecule has 0 aromatic carbocycles. The van der Waals surface area contributed by atoms with Crippen molar-refractivity contribution in [1.82, 2.24) is 24.5 Å². The standard InChI is InChI=1S/C11H16N5/c1-2-11(16-9-6-13-14-16)4-3-7-15-8-5-12-10-15/h5-6,8-11H,1-4,7H2. The Bertz CT molecular complexity index is 378. The fraction of sp³-hybridized carbons (Fsp3) is 0.455. The molecule has 5 nitrogen and oxygen atoms in total. The molecule has 0 N–H and O–H groups in total. The number of rotatable bonds is 6. The molecular formula is C11H16N5. The van der Waals surface area contributed by atoms with Gasteiger partial charge in [-0.2, -0.15) is 0 Å². The van der Waals surface area contributed by atoms with E-state index in [0.29, 0.717) is 6.04 Å². The fourth-order valence-corrected chi connectivity index (χ4v) is 1.75. The Morgan fingerprint density at radius 3 is 2.81 bits per heavy atom. The Kier molecular flexibility index (Phi) is 3.69. The Hall–Kier alpha value is -1.65. The number of hydrogen-bond acceptors (Lipinski definition) is 3. The lowest BCUT2D eigenvalue weighted by Crippen LogP contribution is -2.10. The Morgan fingerprint density at radius 1 is 1.25 bits per heavy atom. The average molecular weight is 218 g/mol. The van der Waals surface area contributed by atoms with Crippen LogP contribution in [0.1, 0.15) is 25.3 Å². The van der Waals surface area contributed by atoms with Crippen LogP contribution in [0.2, 0.25) is 0 Å². The number of aryl methyl sites for hydroxylation is 1. The van der Waals surface area contributed by atoms with E-state index < -0.39 is 0 Å². The molecule has 85 valence electrons. The Balaban J connectivity index is 1.80. The molecule has 0 saturated carbocycles. The van der Waals surface area contributed by atoms with E-state index in [2.05, 4.69) is 26.8 Å². The summed E-state index contributed by atoms with van der Waals surface area (Å²) >= 11 is 0. The SMILES string of the molecule is [CH2]CC(CCCn1ccnc1)n1ccnn1. The van der Waals surface area contributed by atoms with Gasteiger partial charge in [0.05, 0.1) is 18.6 Å². The van der Waals surface area contributed by atoms with E-state index >= 15 is 0 Å². The van der Waals surface area contributed by atoms with Crippen molar-refractivity contribution in [1.29, 1.82) is 0 Å². The quantitative estimate of drug-likeness (QED) is 0.741. The van der Waals surface area contributed by atoms with Crippen molar-refractivity contribution in [3.8, 4) is 0 Å². The molecule has 2 heterocycles. The second-order valence-electron chi connectivity index (χ2n) is 3.77. The Morgan fingerprint density at radius 2 is 2.19 bits per heavy atom. The first kappa shape index (κ1) is 10.9. The lowest BCUT2D eigenvalue weighted by Gasteiger charge is -2.14. The molecule has 5 heteroatoms. The van der Waals surface area contributed by atoms with Crippen LogP contribution in [-0.4, -0.2) is 24.5 Å². The highest BCUT2D eigenvalue weighted by Gasteiger charge is 2.08. The molecule has 0 aliphatic carbocycles. The van der Waals surface area contributed by atoms with Crippen LogP contribution in [0.4, 0.5) is 0 Å². The van der Waals surface area contributed by atoms with E-state index in [0.717, 1.165) is 25.8 Å². The van der Waals surface area contributed by atoms with Gasteiger partial charge in [-0.1, -0.05) is 12.1 Å². The zero-order valence-corrected chi connectivity index (χ0v) is 9.24. The van der Waals surface area contributed by atoms with Crippen molar-refractivity contribution in [2.45, 2.75) is 31.8 Å². The summed E-state index contributed by atoms with van der Waals surface area (Å²) in [5, 5.41) is 7.83. The van der Waals surface area contributed by atoms with Gasteiger partial charge in [-0.3, -0.25) is 0 Å². The van der Waals surface area contributed by atoms with Gasteiger partial charge in [0.15, 0.2) is 0 Å². The van der Waals surface area contributed by atoms with Crippen molar-refractivity contribution in [3.63, 3.8) is 0 Å². The van der Waals surface area contributed by atoms with Crippen molar-refractivity contribution in [2.24, 2.45) is 0 Å². The first-order chi connectivity index (χ1) is 7.90. The first-order valence-corrected chi connectivity index (χ1v) is 5.51. The molecule has 2 aromatic rings. The minimum Gasteiger partial charge on any atom is -0.337 e. The van der Waals surface area contributed by atoms with Crippen molar-refractivity contribution in [3.05, 3.63) is 38.0 Å². The van der Waals surface area contributed by atoms with Crippen LogP contribution in [0.15, 0.2) is 31.1 Å². The Labute approximate surface area is 95.1 Å². The van der Waals surface area contributed by atoms with Crippen molar-refractivity contribution < 1.29 is 0 Å². The predicted octanol–water partition coefficient (Wildman–Crippen LogP) is 1.72. The molecule has 2 aromatic heterocycles. The third-order valence-corrected chi connectivity index (χ3v) is 2.66. The van der Waals surface area contributed by atoms with Gasteiger partial charge in [0.1, 0.15) is 0 Å². The smallest absolute Gasteiger partial charge is 0.0945 e. The van der Waals surface area contributed by atoms with Gasteiger partial charge in [0, 0.05) is 25.1 Å². The topological polar surface area (TPSA) is 48.5 Å². The van der Waals surface area contributed by atoms with E-state index in [1.165, 1.54) is 0 Å². The summed E-state index contributed by atoms with van der Waals surface area (Å²) in [5.74, 6) is 0. The van der Waals surface area contributed by atoms with Gasteiger partial charge in [-0.15, -0.1) is 5.10 Å². The third-order valence-electron chi connectivity index (χ3n) is 2.66. The van der Waals surface area contributed by atoms with Crippen molar-refractivity contribution >= 4 is 0 Å². The zero-order chi connectivity index (χ0) is 11.2. The summed E-state index contributed by atoms with van der Waals surface area (Å²) in [5.41, 5.74) is 0. The summed E-state index contributed by atoms with van der Waals surface area (Å²) in [6, 6.07) is 0.353. The molecule has 0 spiro atoms. The van der Waals surface area contributed by atoms with E-state index in [1.54, 1.807) is 12.4 Å². The maximum atomic E-state index is 4.01. The molecule has 0 aliphatic heterocycles. The summed E-state index contributed by atoms with van der Waals surface area (Å²) in [4.78, 5) is 4.01. The second kappa shape index (κ2) is 5.44. The highest BCUT2D eigenvalue weighted by Crippen LogP contribution is 2.16. The molecule has 1 radical (unpaired) electrons. The molecule has 1 atom stereocenters. The summed E-state index contributed by atoms with van der Waals surface area (Å²) in [6.45, 7) is 4.94. The highest BCUT2D eigenvalue weighted by molar-refractivity contribution is 4.76. The van der Waals surface area contributed by atoms with E-state index in [9.17, 15) is 0 Å². The van der Waals surface area contributed by atoms with Crippen LogP contribution >= 0.6 is 0 Å². The highest BCUT2D eigenvalue weighted by atomic mass is 15.4. The van der Waals surface area contributed by atoms with Gasteiger partial charge in [-0.05, 0) is 19.3 Å². The predicted molar refractivity (Wildman–Crippen MR) is 60.5 cm³/mol. The molecule has 0 fully saturated rings. The molecular weight excluding hydrogens is 202 g/mol. The maximum Gasteiger partial charge on any atom is 0.0945 e. The lowest BCUT2D eigenvalue weighted by molar-refractivity contribution is 0.395. The first-order valence-electron chi connectivity index (χ1n) is 5.51.